The summed E-state index contributed by atoms with van der Waals surface area (Å²) in [6.07, 6.45) is 2.64. The van der Waals surface area contributed by atoms with Crippen LogP contribution >= 0.6 is 0 Å². The normalized spacial score (nSPS) is 17.5. The third-order valence-electron chi connectivity index (χ3n) is 3.79. The average molecular weight is 340 g/mol. The van der Waals surface area contributed by atoms with Crippen LogP contribution in [0.15, 0.2) is 24.3 Å². The molecule has 2 rings (SSSR count). The first-order valence-electron chi connectivity index (χ1n) is 7.77. The Morgan fingerprint density at radius 3 is 2.61 bits per heavy atom. The number of amides is 2. The Kier molecular flexibility index (Phi) is 5.87. The highest BCUT2D eigenvalue weighted by Crippen LogP contribution is 2.18. The molecule has 1 heterocycles. The molecule has 0 aliphatic carbocycles. The lowest BCUT2D eigenvalue weighted by Gasteiger charge is -2.40. The van der Waals surface area contributed by atoms with Gasteiger partial charge in [-0.1, -0.05) is 17.7 Å². The molecule has 0 bridgehead atoms. The van der Waals surface area contributed by atoms with Crippen molar-refractivity contribution in [1.82, 2.24) is 10.2 Å². The second-order valence-corrected chi connectivity index (χ2v) is 8.16. The summed E-state index contributed by atoms with van der Waals surface area (Å²) in [6.45, 7) is 3.67. The second kappa shape index (κ2) is 7.68. The van der Waals surface area contributed by atoms with Crippen LogP contribution in [0.25, 0.3) is 0 Å². The largest absolute Gasteiger partial charge is 0.494 e. The van der Waals surface area contributed by atoms with E-state index >= 15 is 0 Å². The summed E-state index contributed by atoms with van der Waals surface area (Å²) in [5, 5.41) is 2.81. The number of aryl methyl sites for hydroxylation is 1. The predicted octanol–water partition coefficient (Wildman–Crippen LogP) is 1.59. The number of rotatable bonds is 7. The third-order valence-corrected chi connectivity index (χ3v) is 4.78. The lowest BCUT2D eigenvalue weighted by Crippen LogP contribution is -2.57. The van der Waals surface area contributed by atoms with Crippen LogP contribution in [0.4, 0.5) is 4.79 Å². The van der Waals surface area contributed by atoms with E-state index in [9.17, 15) is 13.2 Å². The predicted molar refractivity (Wildman–Crippen MR) is 89.5 cm³/mol. The van der Waals surface area contributed by atoms with Crippen LogP contribution in [0.3, 0.4) is 0 Å². The van der Waals surface area contributed by atoms with Crippen molar-refractivity contribution < 1.29 is 17.9 Å². The summed E-state index contributed by atoms with van der Waals surface area (Å²) in [6, 6.07) is 7.44. The number of benzene rings is 1. The molecule has 1 aliphatic heterocycles. The van der Waals surface area contributed by atoms with Crippen LogP contribution in [0, 0.1) is 6.92 Å². The van der Waals surface area contributed by atoms with Gasteiger partial charge in [0.05, 0.1) is 12.4 Å². The lowest BCUT2D eigenvalue weighted by molar-refractivity contribution is 0.126. The van der Waals surface area contributed by atoms with Gasteiger partial charge in [-0.3, -0.25) is 0 Å². The number of hydrogen-bond donors (Lipinski definition) is 1. The van der Waals surface area contributed by atoms with Gasteiger partial charge in [-0.25, -0.2) is 13.2 Å². The number of likely N-dealkylation sites (tertiary alicyclic amines) is 1. The molecule has 0 saturated carbocycles. The van der Waals surface area contributed by atoms with Crippen molar-refractivity contribution in [2.75, 3.05) is 31.7 Å². The minimum Gasteiger partial charge on any atom is -0.494 e. The van der Waals surface area contributed by atoms with E-state index in [1.807, 2.05) is 31.2 Å². The zero-order valence-corrected chi connectivity index (χ0v) is 14.4. The van der Waals surface area contributed by atoms with E-state index in [2.05, 4.69) is 5.32 Å². The molecular formula is C16H24N2O4S. The van der Waals surface area contributed by atoms with Crippen LogP contribution in [-0.4, -0.2) is 57.1 Å². The smallest absolute Gasteiger partial charge is 0.317 e. The van der Waals surface area contributed by atoms with Crippen molar-refractivity contribution >= 4 is 15.9 Å². The van der Waals surface area contributed by atoms with Crippen molar-refractivity contribution in [3.05, 3.63) is 29.8 Å². The molecule has 0 spiro atoms. The van der Waals surface area contributed by atoms with Crippen LogP contribution in [0.5, 0.6) is 5.75 Å². The molecule has 1 aromatic carbocycles. The molecule has 1 fully saturated rings. The van der Waals surface area contributed by atoms with Gasteiger partial charge in [0.1, 0.15) is 15.6 Å². The first-order valence-corrected chi connectivity index (χ1v) is 9.83. The molecule has 6 nitrogen and oxygen atoms in total. The molecule has 1 N–H and O–H groups in total. The molecule has 1 aliphatic rings. The maximum Gasteiger partial charge on any atom is 0.317 e. The molecule has 0 radical (unpaired) electrons. The molecule has 0 unspecified atom stereocenters. The van der Waals surface area contributed by atoms with Gasteiger partial charge >= 0.3 is 6.03 Å². The Morgan fingerprint density at radius 1 is 1.35 bits per heavy atom. The second-order valence-electron chi connectivity index (χ2n) is 5.98. The molecule has 0 aromatic heterocycles. The van der Waals surface area contributed by atoms with E-state index in [-0.39, 0.29) is 17.8 Å². The first-order chi connectivity index (χ1) is 10.8. The maximum atomic E-state index is 12.0. The molecule has 2 amide bonds. The fraction of sp³-hybridized carbons (Fsp3) is 0.562. The topological polar surface area (TPSA) is 75.7 Å². The quantitative estimate of drug-likeness (QED) is 0.765. The number of sulfone groups is 1. The third kappa shape index (κ3) is 5.74. The first kappa shape index (κ1) is 17.6. The highest BCUT2D eigenvalue weighted by Gasteiger charge is 2.34. The van der Waals surface area contributed by atoms with E-state index < -0.39 is 9.84 Å². The fourth-order valence-electron chi connectivity index (χ4n) is 2.42. The van der Waals surface area contributed by atoms with Crippen molar-refractivity contribution in [3.63, 3.8) is 0 Å². The molecule has 7 heteroatoms. The Labute approximate surface area is 137 Å². The van der Waals surface area contributed by atoms with Gasteiger partial charge in [-0.15, -0.1) is 0 Å². The number of nitrogens with one attached hydrogen (secondary N) is 1. The summed E-state index contributed by atoms with van der Waals surface area (Å²) in [7, 11) is -3.06. The molecule has 128 valence electrons. The van der Waals surface area contributed by atoms with Gasteiger partial charge in [0, 0.05) is 25.4 Å². The van der Waals surface area contributed by atoms with Crippen molar-refractivity contribution in [2.24, 2.45) is 0 Å². The standard InChI is InChI=1S/C16H24N2O4S/c1-13-4-6-15(7-5-13)22-11-3-9-17-16(19)18-10-8-14(18)12-23(2,20)21/h4-7,14H,3,8-12H2,1-2H3,(H,17,19)/t14-/m0/s1. The molecule has 1 saturated heterocycles. The van der Waals surface area contributed by atoms with Crippen molar-refractivity contribution in [1.29, 1.82) is 0 Å². The van der Waals surface area contributed by atoms with E-state index in [1.54, 1.807) is 4.90 Å². The molecule has 1 aromatic rings. The highest BCUT2D eigenvalue weighted by molar-refractivity contribution is 7.90. The summed E-state index contributed by atoms with van der Waals surface area (Å²) in [4.78, 5) is 13.6. The molecule has 23 heavy (non-hydrogen) atoms. The summed E-state index contributed by atoms with van der Waals surface area (Å²) < 4.78 is 28.2. The number of carbonyl (C=O) groups excluding carboxylic acids is 1. The Morgan fingerprint density at radius 2 is 2.04 bits per heavy atom. The summed E-state index contributed by atoms with van der Waals surface area (Å²) in [5.41, 5.74) is 1.18. The monoisotopic (exact) mass is 340 g/mol. The number of nitrogens with zero attached hydrogens (tertiary/aromatic N) is 1. The van der Waals surface area contributed by atoms with Crippen LogP contribution in [0.2, 0.25) is 0 Å². The number of hydrogen-bond acceptors (Lipinski definition) is 4. The maximum absolute atomic E-state index is 12.0. The Hall–Kier alpha value is -1.76. The van der Waals surface area contributed by atoms with E-state index in [4.69, 9.17) is 4.74 Å². The van der Waals surface area contributed by atoms with Crippen LogP contribution < -0.4 is 10.1 Å². The molecule has 1 atom stereocenters. The van der Waals surface area contributed by atoms with Gasteiger partial charge in [-0.2, -0.15) is 0 Å². The zero-order chi connectivity index (χ0) is 16.9. The van der Waals surface area contributed by atoms with Gasteiger partial charge < -0.3 is 15.0 Å². The van der Waals surface area contributed by atoms with Gasteiger partial charge in [0.25, 0.3) is 0 Å². The Balaban J connectivity index is 1.62. The van der Waals surface area contributed by atoms with Gasteiger partial charge in [-0.05, 0) is 31.9 Å². The van der Waals surface area contributed by atoms with Gasteiger partial charge in [0.15, 0.2) is 0 Å². The number of ether oxygens (including phenoxy) is 1. The summed E-state index contributed by atoms with van der Waals surface area (Å²) >= 11 is 0. The van der Waals surface area contributed by atoms with Crippen molar-refractivity contribution in [2.45, 2.75) is 25.8 Å². The lowest BCUT2D eigenvalue weighted by atomic mass is 10.1. The highest BCUT2D eigenvalue weighted by atomic mass is 32.2. The zero-order valence-electron chi connectivity index (χ0n) is 13.6. The van der Waals surface area contributed by atoms with Crippen LogP contribution in [0.1, 0.15) is 18.4 Å². The number of carbonyl (C=O) groups is 1. The minimum absolute atomic E-state index is 0.0386. The minimum atomic E-state index is -3.06. The van der Waals surface area contributed by atoms with E-state index in [0.717, 1.165) is 12.2 Å². The average Bonchev–Trinajstić information content (AvgIpc) is 2.44. The van der Waals surface area contributed by atoms with E-state index in [1.165, 1.54) is 11.8 Å². The fourth-order valence-corrected chi connectivity index (χ4v) is 3.47. The van der Waals surface area contributed by atoms with E-state index in [0.29, 0.717) is 26.1 Å². The summed E-state index contributed by atoms with van der Waals surface area (Å²) in [5.74, 6) is 0.856. The molecular weight excluding hydrogens is 316 g/mol. The van der Waals surface area contributed by atoms with Gasteiger partial charge in [0.2, 0.25) is 0 Å². The van der Waals surface area contributed by atoms with Crippen LogP contribution in [-0.2, 0) is 9.84 Å². The van der Waals surface area contributed by atoms with Crippen molar-refractivity contribution in [3.8, 4) is 5.75 Å². The number of urea groups is 1. The Bertz CT molecular complexity index is 628. The SMILES string of the molecule is Cc1ccc(OCCCNC(=O)N2CC[C@H]2CS(C)(=O)=O)cc1.